The summed E-state index contributed by atoms with van der Waals surface area (Å²) in [4.78, 5) is 19.6. The molecule has 0 amide bonds. The molecule has 4 aromatic rings. The summed E-state index contributed by atoms with van der Waals surface area (Å²) in [5, 5.41) is 0. The highest BCUT2D eigenvalue weighted by atomic mass is 32.1. The van der Waals surface area contributed by atoms with Crippen LogP contribution in [0, 0.1) is 0 Å². The SMILES string of the molecule is COc1ccc([C@@H]2C3=C(N=c4s/c(=C\c5ccccc5OC)c(=O)n42)c2ccccc2CC3)cc1. The monoisotopic (exact) mass is 480 g/mol. The minimum atomic E-state index is -0.208. The number of methoxy groups -OCH3 is 2. The van der Waals surface area contributed by atoms with Crippen LogP contribution in [0.4, 0.5) is 0 Å². The lowest BCUT2D eigenvalue weighted by molar-refractivity contribution is 0.414. The van der Waals surface area contributed by atoms with E-state index in [0.29, 0.717) is 9.33 Å². The predicted octanol–water partition coefficient (Wildman–Crippen LogP) is 4.34. The molecule has 2 aliphatic rings. The fourth-order valence-corrected chi connectivity index (χ4v) is 6.03. The smallest absolute Gasteiger partial charge is 0.271 e. The molecule has 0 N–H and O–H groups in total. The summed E-state index contributed by atoms with van der Waals surface area (Å²) in [7, 11) is 3.30. The van der Waals surface area contributed by atoms with E-state index in [-0.39, 0.29) is 11.6 Å². The van der Waals surface area contributed by atoms with Gasteiger partial charge >= 0.3 is 0 Å². The lowest BCUT2D eigenvalue weighted by atomic mass is 9.83. The summed E-state index contributed by atoms with van der Waals surface area (Å²) in [6, 6.07) is 24.0. The van der Waals surface area contributed by atoms with Crippen molar-refractivity contribution in [2.45, 2.75) is 18.9 Å². The van der Waals surface area contributed by atoms with Gasteiger partial charge in [-0.1, -0.05) is 65.9 Å². The van der Waals surface area contributed by atoms with Crippen molar-refractivity contribution in [2.24, 2.45) is 4.99 Å². The molecule has 0 spiro atoms. The van der Waals surface area contributed by atoms with E-state index in [9.17, 15) is 4.79 Å². The summed E-state index contributed by atoms with van der Waals surface area (Å²) in [6.45, 7) is 0. The van der Waals surface area contributed by atoms with Gasteiger partial charge in [-0.2, -0.15) is 0 Å². The zero-order valence-electron chi connectivity index (χ0n) is 19.5. The van der Waals surface area contributed by atoms with E-state index >= 15 is 0 Å². The highest BCUT2D eigenvalue weighted by Crippen LogP contribution is 2.41. The second-order valence-electron chi connectivity index (χ2n) is 8.63. The number of para-hydroxylation sites is 1. The number of hydrogen-bond donors (Lipinski definition) is 0. The van der Waals surface area contributed by atoms with E-state index in [4.69, 9.17) is 14.5 Å². The molecule has 1 aliphatic heterocycles. The quantitative estimate of drug-likeness (QED) is 0.437. The molecule has 1 aliphatic carbocycles. The third-order valence-electron chi connectivity index (χ3n) is 6.73. The Hall–Kier alpha value is -3.90. The van der Waals surface area contributed by atoms with Crippen LogP contribution < -0.4 is 24.4 Å². The average molecular weight is 481 g/mol. The fraction of sp³-hybridized carbons (Fsp3) is 0.172. The molecule has 0 fully saturated rings. The number of rotatable bonds is 4. The molecule has 5 nitrogen and oxygen atoms in total. The van der Waals surface area contributed by atoms with Gasteiger partial charge in [0.2, 0.25) is 0 Å². The molecule has 0 radical (unpaired) electrons. The van der Waals surface area contributed by atoms with Crippen molar-refractivity contribution in [1.82, 2.24) is 4.57 Å². The molecule has 35 heavy (non-hydrogen) atoms. The Balaban J connectivity index is 1.61. The van der Waals surface area contributed by atoms with Crippen LogP contribution in [0.2, 0.25) is 0 Å². The summed E-state index contributed by atoms with van der Waals surface area (Å²) in [5.41, 5.74) is 6.54. The molecule has 6 rings (SSSR count). The van der Waals surface area contributed by atoms with Crippen LogP contribution in [0.15, 0.2) is 88.2 Å². The lowest BCUT2D eigenvalue weighted by Gasteiger charge is -2.30. The van der Waals surface area contributed by atoms with Crippen LogP contribution >= 0.6 is 11.3 Å². The Kier molecular flexibility index (Phi) is 5.38. The summed E-state index contributed by atoms with van der Waals surface area (Å²) in [5.74, 6) is 1.53. The summed E-state index contributed by atoms with van der Waals surface area (Å²) >= 11 is 1.43. The van der Waals surface area contributed by atoms with Crippen molar-refractivity contribution >= 4 is 23.1 Å². The number of hydrogen-bond acceptors (Lipinski definition) is 5. The molecular formula is C29H24N2O3S. The number of fused-ring (bicyclic) bond motifs is 3. The largest absolute Gasteiger partial charge is 0.497 e. The van der Waals surface area contributed by atoms with Crippen molar-refractivity contribution in [3.8, 4) is 11.5 Å². The minimum Gasteiger partial charge on any atom is -0.497 e. The van der Waals surface area contributed by atoms with Gasteiger partial charge in [0, 0.05) is 11.1 Å². The maximum Gasteiger partial charge on any atom is 0.271 e. The normalized spacial score (nSPS) is 16.7. The number of thiazole rings is 1. The van der Waals surface area contributed by atoms with Crippen LogP contribution in [0.1, 0.15) is 34.7 Å². The van der Waals surface area contributed by atoms with Gasteiger partial charge < -0.3 is 9.47 Å². The fourth-order valence-electron chi connectivity index (χ4n) is 5.04. The molecule has 1 aromatic heterocycles. The van der Waals surface area contributed by atoms with E-state index in [1.807, 2.05) is 47.0 Å². The van der Waals surface area contributed by atoms with Crippen LogP contribution in [-0.4, -0.2) is 18.8 Å². The average Bonchev–Trinajstić information content (AvgIpc) is 3.22. The highest BCUT2D eigenvalue weighted by Gasteiger charge is 2.32. The molecular weight excluding hydrogens is 456 g/mol. The second-order valence-corrected chi connectivity index (χ2v) is 9.64. The summed E-state index contributed by atoms with van der Waals surface area (Å²) in [6.07, 6.45) is 3.70. The Morgan fingerprint density at radius 2 is 1.71 bits per heavy atom. The van der Waals surface area contributed by atoms with Crippen molar-refractivity contribution in [2.75, 3.05) is 14.2 Å². The maximum absolute atomic E-state index is 13.8. The van der Waals surface area contributed by atoms with Crippen LogP contribution in [0.25, 0.3) is 11.8 Å². The van der Waals surface area contributed by atoms with Crippen LogP contribution in [0.3, 0.4) is 0 Å². The number of aromatic nitrogens is 1. The molecule has 1 atom stereocenters. The van der Waals surface area contributed by atoms with Crippen LogP contribution in [-0.2, 0) is 6.42 Å². The van der Waals surface area contributed by atoms with Gasteiger partial charge in [0.15, 0.2) is 4.80 Å². The van der Waals surface area contributed by atoms with Gasteiger partial charge in [0.1, 0.15) is 11.5 Å². The first kappa shape index (κ1) is 21.6. The Morgan fingerprint density at radius 1 is 0.943 bits per heavy atom. The van der Waals surface area contributed by atoms with Gasteiger partial charge in [-0.25, -0.2) is 4.99 Å². The zero-order chi connectivity index (χ0) is 23.9. The van der Waals surface area contributed by atoms with Gasteiger partial charge in [-0.15, -0.1) is 0 Å². The van der Waals surface area contributed by atoms with Crippen molar-refractivity contribution in [3.05, 3.63) is 120 Å². The third kappa shape index (κ3) is 3.61. The topological polar surface area (TPSA) is 52.8 Å². The van der Waals surface area contributed by atoms with E-state index < -0.39 is 0 Å². The Bertz CT molecular complexity index is 1640. The van der Waals surface area contributed by atoms with Crippen molar-refractivity contribution in [3.63, 3.8) is 0 Å². The lowest BCUT2D eigenvalue weighted by Crippen LogP contribution is -2.38. The summed E-state index contributed by atoms with van der Waals surface area (Å²) < 4.78 is 13.4. The van der Waals surface area contributed by atoms with E-state index in [1.54, 1.807) is 14.2 Å². The van der Waals surface area contributed by atoms with E-state index in [2.05, 4.69) is 36.4 Å². The van der Waals surface area contributed by atoms with Gasteiger partial charge in [0.25, 0.3) is 5.56 Å². The van der Waals surface area contributed by atoms with Crippen molar-refractivity contribution < 1.29 is 9.47 Å². The van der Waals surface area contributed by atoms with E-state index in [0.717, 1.165) is 46.7 Å². The van der Waals surface area contributed by atoms with E-state index in [1.165, 1.54) is 22.5 Å². The maximum atomic E-state index is 13.8. The molecule has 174 valence electrons. The number of benzene rings is 3. The third-order valence-corrected chi connectivity index (χ3v) is 7.71. The van der Waals surface area contributed by atoms with Crippen molar-refractivity contribution in [1.29, 1.82) is 0 Å². The zero-order valence-corrected chi connectivity index (χ0v) is 20.3. The molecule has 0 saturated heterocycles. The molecule has 0 bridgehead atoms. The number of ether oxygens (including phenoxy) is 2. The predicted molar refractivity (Wildman–Crippen MR) is 139 cm³/mol. The molecule has 6 heteroatoms. The Labute approximate surface area is 206 Å². The molecule has 0 unspecified atom stereocenters. The first-order chi connectivity index (χ1) is 17.2. The van der Waals surface area contributed by atoms with Crippen LogP contribution in [0.5, 0.6) is 11.5 Å². The first-order valence-electron chi connectivity index (χ1n) is 11.6. The number of aryl methyl sites for hydroxylation is 1. The minimum absolute atomic E-state index is 0.0362. The molecule has 0 saturated carbocycles. The second kappa shape index (κ2) is 8.71. The van der Waals surface area contributed by atoms with Gasteiger partial charge in [-0.05, 0) is 53.8 Å². The molecule has 2 heterocycles. The number of allylic oxidation sites excluding steroid dienone is 1. The van der Waals surface area contributed by atoms with Gasteiger partial charge in [-0.3, -0.25) is 9.36 Å². The highest BCUT2D eigenvalue weighted by molar-refractivity contribution is 7.07. The first-order valence-corrected chi connectivity index (χ1v) is 12.4. The van der Waals surface area contributed by atoms with Gasteiger partial charge in [0.05, 0.1) is 30.5 Å². The number of nitrogens with zero attached hydrogens (tertiary/aromatic N) is 2. The Morgan fingerprint density at radius 3 is 2.51 bits per heavy atom. The standard InChI is InChI=1S/C29H24N2O3S/c1-33-21-14-11-19(12-15-21)27-23-16-13-18-7-3-5-9-22(18)26(23)30-29-31(27)28(32)25(35-29)17-20-8-4-6-10-24(20)34-2/h3-12,14-15,17,27H,13,16H2,1-2H3/b25-17-/t27-/m1/s1. The molecule has 3 aromatic carbocycles.